The Morgan fingerprint density at radius 2 is 1.71 bits per heavy atom. The Labute approximate surface area is 170 Å². The lowest BCUT2D eigenvalue weighted by atomic mass is 10.0. The van der Waals surface area contributed by atoms with Crippen LogP contribution in [0.1, 0.15) is 5.56 Å². The molecule has 3 rings (SSSR count). The van der Waals surface area contributed by atoms with Gasteiger partial charge < -0.3 is 19.9 Å². The average molecular weight is 394 g/mol. The first-order chi connectivity index (χ1) is 13.4. The first kappa shape index (κ1) is 19.6. The second-order valence-corrected chi connectivity index (χ2v) is 7.10. The summed E-state index contributed by atoms with van der Waals surface area (Å²) in [5.41, 5.74) is 1.97. The van der Waals surface area contributed by atoms with Gasteiger partial charge in [-0.3, -0.25) is 0 Å². The van der Waals surface area contributed by atoms with E-state index >= 15 is 0 Å². The van der Waals surface area contributed by atoms with E-state index in [2.05, 4.69) is 35.6 Å². The molecule has 144 valence electrons. The van der Waals surface area contributed by atoms with E-state index in [9.17, 15) is 4.79 Å². The standard InChI is InChI=1S/C22H23N3O2S/c1-24(2)22(26)27-19-12-7-11-18(14-19)23-21(28)25(3)15-17-10-6-9-16-8-4-5-13-20(16)17/h4-14H,15H2,1-3H3,(H,23,28). The SMILES string of the molecule is CN(C)C(=O)Oc1cccc(NC(=S)N(C)Cc2cccc3ccccc23)c1. The summed E-state index contributed by atoms with van der Waals surface area (Å²) in [5, 5.41) is 6.22. The Kier molecular flexibility index (Phi) is 6.11. The number of amides is 1. The van der Waals surface area contributed by atoms with Crippen molar-refractivity contribution in [3.8, 4) is 5.75 Å². The number of hydrogen-bond acceptors (Lipinski definition) is 3. The number of benzene rings is 3. The van der Waals surface area contributed by atoms with Crippen molar-refractivity contribution in [2.24, 2.45) is 0 Å². The zero-order valence-electron chi connectivity index (χ0n) is 16.2. The highest BCUT2D eigenvalue weighted by Crippen LogP contribution is 2.21. The van der Waals surface area contributed by atoms with Crippen molar-refractivity contribution in [2.75, 3.05) is 26.5 Å². The predicted octanol–water partition coefficient (Wildman–Crippen LogP) is 4.73. The summed E-state index contributed by atoms with van der Waals surface area (Å²) < 4.78 is 5.29. The number of ether oxygens (including phenoxy) is 1. The largest absolute Gasteiger partial charge is 0.414 e. The Balaban J connectivity index is 1.68. The third-order valence-electron chi connectivity index (χ3n) is 4.29. The molecule has 0 spiro atoms. The fourth-order valence-electron chi connectivity index (χ4n) is 2.81. The van der Waals surface area contributed by atoms with E-state index in [1.54, 1.807) is 26.2 Å². The van der Waals surface area contributed by atoms with Gasteiger partial charge in [0.2, 0.25) is 0 Å². The first-order valence-corrected chi connectivity index (χ1v) is 9.33. The third-order valence-corrected chi connectivity index (χ3v) is 4.70. The number of nitrogens with zero attached hydrogens (tertiary/aromatic N) is 2. The van der Waals surface area contributed by atoms with Crippen LogP contribution in [0.15, 0.2) is 66.7 Å². The van der Waals surface area contributed by atoms with Crippen LogP contribution in [0.2, 0.25) is 0 Å². The van der Waals surface area contributed by atoms with Crippen LogP contribution in [0, 0.1) is 0 Å². The van der Waals surface area contributed by atoms with Gasteiger partial charge in [-0.05, 0) is 40.7 Å². The summed E-state index contributed by atoms with van der Waals surface area (Å²) in [6.45, 7) is 0.683. The molecule has 0 heterocycles. The highest BCUT2D eigenvalue weighted by Gasteiger charge is 2.10. The molecule has 0 saturated carbocycles. The van der Waals surface area contributed by atoms with Crippen molar-refractivity contribution in [1.82, 2.24) is 9.80 Å². The van der Waals surface area contributed by atoms with Crippen molar-refractivity contribution in [1.29, 1.82) is 0 Å². The number of thiocarbonyl (C=S) groups is 1. The summed E-state index contributed by atoms with van der Waals surface area (Å²) in [5.74, 6) is 0.461. The van der Waals surface area contributed by atoms with Gasteiger partial charge in [0, 0.05) is 39.4 Å². The number of nitrogens with one attached hydrogen (secondary N) is 1. The molecule has 0 aliphatic rings. The minimum absolute atomic E-state index is 0.423. The first-order valence-electron chi connectivity index (χ1n) is 8.92. The predicted molar refractivity (Wildman–Crippen MR) is 118 cm³/mol. The molecule has 0 radical (unpaired) electrons. The second-order valence-electron chi connectivity index (χ2n) is 6.71. The van der Waals surface area contributed by atoms with Crippen molar-refractivity contribution < 1.29 is 9.53 Å². The van der Waals surface area contributed by atoms with E-state index in [-0.39, 0.29) is 0 Å². The topological polar surface area (TPSA) is 44.8 Å². The van der Waals surface area contributed by atoms with E-state index in [0.29, 0.717) is 17.4 Å². The van der Waals surface area contributed by atoms with Gasteiger partial charge in [-0.2, -0.15) is 0 Å². The van der Waals surface area contributed by atoms with Gasteiger partial charge in [0.05, 0.1) is 0 Å². The van der Waals surface area contributed by atoms with E-state index < -0.39 is 6.09 Å². The van der Waals surface area contributed by atoms with Crippen molar-refractivity contribution in [3.05, 3.63) is 72.3 Å². The maximum Gasteiger partial charge on any atom is 0.414 e. The summed E-state index contributed by atoms with van der Waals surface area (Å²) in [7, 11) is 5.23. The number of hydrogen-bond donors (Lipinski definition) is 1. The number of rotatable bonds is 4. The zero-order valence-corrected chi connectivity index (χ0v) is 17.0. The molecule has 3 aromatic rings. The molecule has 0 unspecified atom stereocenters. The van der Waals surface area contributed by atoms with Crippen molar-refractivity contribution >= 4 is 39.9 Å². The summed E-state index contributed by atoms with van der Waals surface area (Å²) in [6.07, 6.45) is -0.423. The van der Waals surface area contributed by atoms with Crippen molar-refractivity contribution in [3.63, 3.8) is 0 Å². The van der Waals surface area contributed by atoms with Crippen LogP contribution in [0.3, 0.4) is 0 Å². The molecule has 3 aromatic carbocycles. The monoisotopic (exact) mass is 393 g/mol. The second kappa shape index (κ2) is 8.71. The molecule has 0 saturated heterocycles. The molecule has 1 amide bonds. The lowest BCUT2D eigenvalue weighted by Crippen LogP contribution is -2.30. The Hall–Kier alpha value is -3.12. The molecule has 0 atom stereocenters. The van der Waals surface area contributed by atoms with Crippen LogP contribution in [-0.4, -0.2) is 42.1 Å². The summed E-state index contributed by atoms with van der Waals surface area (Å²) >= 11 is 5.55. The number of anilines is 1. The highest BCUT2D eigenvalue weighted by molar-refractivity contribution is 7.80. The maximum atomic E-state index is 11.7. The van der Waals surface area contributed by atoms with Crippen LogP contribution < -0.4 is 10.1 Å². The minimum Gasteiger partial charge on any atom is -0.410 e. The highest BCUT2D eigenvalue weighted by atomic mass is 32.1. The summed E-state index contributed by atoms with van der Waals surface area (Å²) in [4.78, 5) is 15.1. The van der Waals surface area contributed by atoms with Gasteiger partial charge >= 0.3 is 6.09 Å². The Morgan fingerprint density at radius 3 is 2.50 bits per heavy atom. The molecule has 5 nitrogen and oxygen atoms in total. The molecular formula is C22H23N3O2S. The van der Waals surface area contributed by atoms with E-state index in [4.69, 9.17) is 17.0 Å². The van der Waals surface area contributed by atoms with Gasteiger partial charge in [-0.25, -0.2) is 4.79 Å². The van der Waals surface area contributed by atoms with Crippen LogP contribution in [0.4, 0.5) is 10.5 Å². The molecule has 6 heteroatoms. The Morgan fingerprint density at radius 1 is 1.00 bits per heavy atom. The van der Waals surface area contributed by atoms with E-state index in [0.717, 1.165) is 5.69 Å². The number of fused-ring (bicyclic) bond motifs is 1. The van der Waals surface area contributed by atoms with Crippen LogP contribution >= 0.6 is 12.2 Å². The van der Waals surface area contributed by atoms with Gasteiger partial charge in [-0.1, -0.05) is 48.5 Å². The maximum absolute atomic E-state index is 11.7. The minimum atomic E-state index is -0.423. The lowest BCUT2D eigenvalue weighted by Gasteiger charge is -2.22. The van der Waals surface area contributed by atoms with Crippen LogP contribution in [-0.2, 0) is 6.54 Å². The zero-order chi connectivity index (χ0) is 20.1. The van der Waals surface area contributed by atoms with Gasteiger partial charge in [-0.15, -0.1) is 0 Å². The molecule has 0 aliphatic heterocycles. The molecular weight excluding hydrogens is 370 g/mol. The lowest BCUT2D eigenvalue weighted by molar-refractivity contribution is 0.172. The normalized spacial score (nSPS) is 10.4. The molecule has 0 aromatic heterocycles. The third kappa shape index (κ3) is 4.78. The molecule has 1 N–H and O–H groups in total. The van der Waals surface area contributed by atoms with Crippen LogP contribution in [0.5, 0.6) is 5.75 Å². The van der Waals surface area contributed by atoms with E-state index in [1.807, 2.05) is 36.2 Å². The van der Waals surface area contributed by atoms with Crippen LogP contribution in [0.25, 0.3) is 10.8 Å². The fourth-order valence-corrected chi connectivity index (χ4v) is 2.99. The average Bonchev–Trinajstić information content (AvgIpc) is 2.68. The van der Waals surface area contributed by atoms with Gasteiger partial charge in [0.15, 0.2) is 5.11 Å². The van der Waals surface area contributed by atoms with Crippen molar-refractivity contribution in [2.45, 2.75) is 6.54 Å². The molecule has 0 bridgehead atoms. The van der Waals surface area contributed by atoms with Gasteiger partial charge in [0.25, 0.3) is 0 Å². The summed E-state index contributed by atoms with van der Waals surface area (Å²) in [6, 6.07) is 21.8. The Bertz CT molecular complexity index is 998. The van der Waals surface area contributed by atoms with E-state index in [1.165, 1.54) is 21.2 Å². The number of carbonyl (C=O) groups excluding carboxylic acids is 1. The molecule has 0 fully saturated rings. The van der Waals surface area contributed by atoms with Gasteiger partial charge in [0.1, 0.15) is 5.75 Å². The quantitative estimate of drug-likeness (QED) is 0.649. The number of carbonyl (C=O) groups is 1. The molecule has 28 heavy (non-hydrogen) atoms. The fraction of sp³-hybridized carbons (Fsp3) is 0.182. The molecule has 0 aliphatic carbocycles. The smallest absolute Gasteiger partial charge is 0.410 e.